The van der Waals surface area contributed by atoms with Crippen LogP contribution in [0, 0.1) is 0 Å². The topological polar surface area (TPSA) is 114 Å². The van der Waals surface area contributed by atoms with Crippen molar-refractivity contribution in [1.82, 2.24) is 19.5 Å². The summed E-state index contributed by atoms with van der Waals surface area (Å²) in [5.41, 5.74) is 8.29. The van der Waals surface area contributed by atoms with E-state index in [2.05, 4.69) is 14.5 Å². The standard InChI is InChI=1S/C21H27N5O4/c1-14(27)30-10-6-4-5-9-26-18(25-19-20(22)23-13-24-21(19)26)12-15-11-16(28-2)7-8-17(15)29-3/h7-8,11,13H,4-6,9-10,12H2,1-3H3,(H2,22,23,24). The molecule has 0 amide bonds. The number of nitrogen functional groups attached to an aromatic ring is 1. The second-order valence-electron chi connectivity index (χ2n) is 6.87. The molecule has 3 aromatic rings. The summed E-state index contributed by atoms with van der Waals surface area (Å²) in [6, 6.07) is 5.68. The van der Waals surface area contributed by atoms with Gasteiger partial charge in [0.25, 0.3) is 0 Å². The third kappa shape index (κ3) is 4.97. The van der Waals surface area contributed by atoms with Gasteiger partial charge in [0.05, 0.1) is 20.8 Å². The van der Waals surface area contributed by atoms with E-state index < -0.39 is 0 Å². The molecular formula is C21H27N5O4. The molecule has 2 aromatic heterocycles. The number of ether oxygens (including phenoxy) is 3. The zero-order valence-electron chi connectivity index (χ0n) is 17.6. The van der Waals surface area contributed by atoms with Gasteiger partial charge < -0.3 is 24.5 Å². The van der Waals surface area contributed by atoms with Gasteiger partial charge in [0, 0.05) is 25.5 Å². The quantitative estimate of drug-likeness (QED) is 0.399. The largest absolute Gasteiger partial charge is 0.497 e. The minimum Gasteiger partial charge on any atom is -0.497 e. The van der Waals surface area contributed by atoms with Crippen molar-refractivity contribution in [3.05, 3.63) is 35.9 Å². The van der Waals surface area contributed by atoms with Crippen LogP contribution in [0.4, 0.5) is 5.82 Å². The van der Waals surface area contributed by atoms with Crippen LogP contribution >= 0.6 is 0 Å². The molecule has 0 spiro atoms. The average molecular weight is 413 g/mol. The molecule has 1 aromatic carbocycles. The molecule has 160 valence electrons. The maximum atomic E-state index is 10.9. The maximum Gasteiger partial charge on any atom is 0.302 e. The smallest absolute Gasteiger partial charge is 0.302 e. The van der Waals surface area contributed by atoms with E-state index in [9.17, 15) is 4.79 Å². The number of benzene rings is 1. The average Bonchev–Trinajstić information content (AvgIpc) is 3.08. The lowest BCUT2D eigenvalue weighted by molar-refractivity contribution is -0.141. The number of anilines is 1. The highest BCUT2D eigenvalue weighted by Gasteiger charge is 2.17. The maximum absolute atomic E-state index is 10.9. The van der Waals surface area contributed by atoms with Gasteiger partial charge >= 0.3 is 5.97 Å². The Bertz CT molecular complexity index is 1020. The first-order valence-electron chi connectivity index (χ1n) is 9.83. The summed E-state index contributed by atoms with van der Waals surface area (Å²) in [5, 5.41) is 0. The van der Waals surface area contributed by atoms with E-state index >= 15 is 0 Å². The van der Waals surface area contributed by atoms with Crippen LogP contribution < -0.4 is 15.2 Å². The number of carbonyl (C=O) groups excluding carboxylic acids is 1. The van der Waals surface area contributed by atoms with Gasteiger partial charge in [-0.1, -0.05) is 0 Å². The Morgan fingerprint density at radius 2 is 1.97 bits per heavy atom. The Morgan fingerprint density at radius 1 is 1.13 bits per heavy atom. The van der Waals surface area contributed by atoms with E-state index in [0.717, 1.165) is 42.1 Å². The summed E-state index contributed by atoms with van der Waals surface area (Å²) in [7, 11) is 3.27. The van der Waals surface area contributed by atoms with Crippen LogP contribution in [-0.2, 0) is 22.5 Å². The van der Waals surface area contributed by atoms with Gasteiger partial charge in [-0.2, -0.15) is 0 Å². The molecule has 0 fully saturated rings. The van der Waals surface area contributed by atoms with E-state index in [-0.39, 0.29) is 5.97 Å². The predicted octanol–water partition coefficient (Wildman–Crippen LogP) is 2.75. The number of aryl methyl sites for hydroxylation is 1. The molecule has 0 saturated carbocycles. The number of nitrogens with two attached hydrogens (primary N) is 1. The summed E-state index contributed by atoms with van der Waals surface area (Å²) in [6.07, 6.45) is 4.59. The highest BCUT2D eigenvalue weighted by atomic mass is 16.5. The van der Waals surface area contributed by atoms with Crippen molar-refractivity contribution >= 4 is 23.0 Å². The number of rotatable bonds is 10. The molecule has 2 heterocycles. The molecule has 0 radical (unpaired) electrons. The normalized spacial score (nSPS) is 10.9. The molecular weight excluding hydrogens is 386 g/mol. The number of carbonyl (C=O) groups is 1. The minimum absolute atomic E-state index is 0.252. The fourth-order valence-corrected chi connectivity index (χ4v) is 3.32. The molecule has 30 heavy (non-hydrogen) atoms. The molecule has 0 unspecified atom stereocenters. The number of nitrogens with zero attached hydrogens (tertiary/aromatic N) is 4. The highest BCUT2D eigenvalue weighted by Crippen LogP contribution is 2.28. The molecule has 0 aliphatic heterocycles. The number of esters is 1. The fourth-order valence-electron chi connectivity index (χ4n) is 3.32. The highest BCUT2D eigenvalue weighted by molar-refractivity contribution is 5.81. The van der Waals surface area contributed by atoms with E-state index in [1.54, 1.807) is 14.2 Å². The van der Waals surface area contributed by atoms with E-state index in [1.807, 2.05) is 18.2 Å². The Morgan fingerprint density at radius 3 is 2.70 bits per heavy atom. The third-order valence-electron chi connectivity index (χ3n) is 4.81. The van der Waals surface area contributed by atoms with Gasteiger partial charge in [0.1, 0.15) is 23.7 Å². The Kier molecular flexibility index (Phi) is 7.05. The van der Waals surface area contributed by atoms with Crippen molar-refractivity contribution in [2.24, 2.45) is 0 Å². The molecule has 2 N–H and O–H groups in total. The van der Waals surface area contributed by atoms with Crippen LogP contribution in [0.5, 0.6) is 11.5 Å². The van der Waals surface area contributed by atoms with Crippen LogP contribution in [0.1, 0.15) is 37.6 Å². The first kappa shape index (κ1) is 21.4. The summed E-state index contributed by atoms with van der Waals surface area (Å²) in [4.78, 5) is 24.1. The zero-order chi connectivity index (χ0) is 21.5. The van der Waals surface area contributed by atoms with Crippen molar-refractivity contribution in [2.45, 2.75) is 39.2 Å². The SMILES string of the molecule is COc1ccc(OC)c(Cc2nc3c(N)ncnc3n2CCCCCOC(C)=O)c1. The number of methoxy groups -OCH3 is 2. The van der Waals surface area contributed by atoms with Crippen LogP contribution in [0.25, 0.3) is 11.2 Å². The van der Waals surface area contributed by atoms with E-state index in [4.69, 9.17) is 24.9 Å². The first-order chi connectivity index (χ1) is 14.5. The number of unbranched alkanes of at least 4 members (excludes halogenated alkanes) is 2. The number of fused-ring (bicyclic) bond motifs is 1. The summed E-state index contributed by atoms with van der Waals surface area (Å²) >= 11 is 0. The number of hydrogen-bond acceptors (Lipinski definition) is 8. The second-order valence-corrected chi connectivity index (χ2v) is 6.87. The predicted molar refractivity (Wildman–Crippen MR) is 113 cm³/mol. The molecule has 0 aliphatic rings. The van der Waals surface area contributed by atoms with Gasteiger partial charge in [0.2, 0.25) is 0 Å². The van der Waals surface area contributed by atoms with Gasteiger partial charge in [-0.05, 0) is 37.5 Å². The number of imidazole rings is 1. The number of aromatic nitrogens is 4. The first-order valence-corrected chi connectivity index (χ1v) is 9.83. The molecule has 0 saturated heterocycles. The van der Waals surface area contributed by atoms with Crippen molar-refractivity contribution in [2.75, 3.05) is 26.6 Å². The Hall–Kier alpha value is -3.36. The number of hydrogen-bond donors (Lipinski definition) is 1. The summed E-state index contributed by atoms with van der Waals surface area (Å²) < 4.78 is 17.9. The van der Waals surface area contributed by atoms with Gasteiger partial charge in [-0.25, -0.2) is 15.0 Å². The lowest BCUT2D eigenvalue weighted by Gasteiger charge is -2.12. The summed E-state index contributed by atoms with van der Waals surface area (Å²) in [6.45, 7) is 2.57. The molecule has 3 rings (SSSR count). The molecule has 9 heteroatoms. The molecule has 9 nitrogen and oxygen atoms in total. The molecule has 0 bridgehead atoms. The van der Waals surface area contributed by atoms with Crippen LogP contribution in [-0.4, -0.2) is 46.3 Å². The van der Waals surface area contributed by atoms with Crippen molar-refractivity contribution < 1.29 is 19.0 Å². The van der Waals surface area contributed by atoms with Gasteiger partial charge in [0.15, 0.2) is 17.0 Å². The van der Waals surface area contributed by atoms with E-state index in [0.29, 0.717) is 36.6 Å². The Balaban J connectivity index is 1.84. The summed E-state index contributed by atoms with van der Waals surface area (Å²) in [5.74, 6) is 2.43. The molecule has 0 atom stereocenters. The van der Waals surface area contributed by atoms with E-state index in [1.165, 1.54) is 13.3 Å². The van der Waals surface area contributed by atoms with Crippen LogP contribution in [0.2, 0.25) is 0 Å². The van der Waals surface area contributed by atoms with Crippen molar-refractivity contribution in [3.8, 4) is 11.5 Å². The van der Waals surface area contributed by atoms with Gasteiger partial charge in [-0.15, -0.1) is 0 Å². The zero-order valence-corrected chi connectivity index (χ0v) is 17.6. The lowest BCUT2D eigenvalue weighted by atomic mass is 10.1. The van der Waals surface area contributed by atoms with Crippen molar-refractivity contribution in [3.63, 3.8) is 0 Å². The monoisotopic (exact) mass is 413 g/mol. The second kappa shape index (κ2) is 9.91. The fraction of sp³-hybridized carbons (Fsp3) is 0.429. The third-order valence-corrected chi connectivity index (χ3v) is 4.81. The Labute approximate surface area is 175 Å². The van der Waals surface area contributed by atoms with Crippen LogP contribution in [0.3, 0.4) is 0 Å². The van der Waals surface area contributed by atoms with Gasteiger partial charge in [-0.3, -0.25) is 4.79 Å². The van der Waals surface area contributed by atoms with Crippen LogP contribution in [0.15, 0.2) is 24.5 Å². The lowest BCUT2D eigenvalue weighted by Crippen LogP contribution is -2.07. The molecule has 0 aliphatic carbocycles. The minimum atomic E-state index is -0.252. The van der Waals surface area contributed by atoms with Crippen molar-refractivity contribution in [1.29, 1.82) is 0 Å².